The molecule has 1 aliphatic carbocycles. The maximum Gasteiger partial charge on any atom is 0.254 e. The van der Waals surface area contributed by atoms with Crippen LogP contribution >= 0.6 is 0 Å². The molecule has 4 rings (SSSR count). The van der Waals surface area contributed by atoms with Crippen molar-refractivity contribution in [1.82, 2.24) is 20.0 Å². The third-order valence-corrected chi connectivity index (χ3v) is 5.42. The summed E-state index contributed by atoms with van der Waals surface area (Å²) in [7, 11) is 0. The van der Waals surface area contributed by atoms with Crippen molar-refractivity contribution in [2.24, 2.45) is 0 Å². The SMILES string of the molecule is Cc1ccccc1-n1ncc(C(=O)NCCCN2CCCC2=O)c1C1CC1. The van der Waals surface area contributed by atoms with Gasteiger partial charge in [-0.25, -0.2) is 4.68 Å². The summed E-state index contributed by atoms with van der Waals surface area (Å²) < 4.78 is 1.94. The van der Waals surface area contributed by atoms with Gasteiger partial charge < -0.3 is 10.2 Å². The van der Waals surface area contributed by atoms with Crippen LogP contribution in [0, 0.1) is 6.92 Å². The first-order chi connectivity index (χ1) is 13.1. The Balaban J connectivity index is 1.43. The van der Waals surface area contributed by atoms with Gasteiger partial charge in [-0.1, -0.05) is 18.2 Å². The van der Waals surface area contributed by atoms with Gasteiger partial charge in [0.2, 0.25) is 5.91 Å². The van der Waals surface area contributed by atoms with Crippen LogP contribution in [0.2, 0.25) is 0 Å². The largest absolute Gasteiger partial charge is 0.352 e. The summed E-state index contributed by atoms with van der Waals surface area (Å²) >= 11 is 0. The number of nitrogens with zero attached hydrogens (tertiary/aromatic N) is 3. The van der Waals surface area contributed by atoms with Crippen molar-refractivity contribution in [2.75, 3.05) is 19.6 Å². The third-order valence-electron chi connectivity index (χ3n) is 5.42. The molecule has 2 fully saturated rings. The molecule has 2 heterocycles. The Morgan fingerprint density at radius 3 is 2.81 bits per heavy atom. The number of aryl methyl sites for hydroxylation is 1. The summed E-state index contributed by atoms with van der Waals surface area (Å²) in [6, 6.07) is 8.12. The summed E-state index contributed by atoms with van der Waals surface area (Å²) in [4.78, 5) is 26.3. The van der Waals surface area contributed by atoms with E-state index in [2.05, 4.69) is 23.4 Å². The molecule has 0 radical (unpaired) electrons. The summed E-state index contributed by atoms with van der Waals surface area (Å²) in [6.07, 6.45) is 6.30. The minimum atomic E-state index is -0.0653. The first-order valence-electron chi connectivity index (χ1n) is 9.85. The molecule has 1 aliphatic heterocycles. The number of nitrogens with one attached hydrogen (secondary N) is 1. The Hall–Kier alpha value is -2.63. The van der Waals surface area contributed by atoms with E-state index in [4.69, 9.17) is 0 Å². The van der Waals surface area contributed by atoms with Gasteiger partial charge in [0.1, 0.15) is 0 Å². The molecular formula is C21H26N4O2. The number of rotatable bonds is 7. The van der Waals surface area contributed by atoms with E-state index in [1.807, 2.05) is 27.8 Å². The lowest BCUT2D eigenvalue weighted by atomic mass is 10.1. The second-order valence-corrected chi connectivity index (χ2v) is 7.51. The average Bonchev–Trinajstić information content (AvgIpc) is 3.28. The molecule has 2 aromatic rings. The van der Waals surface area contributed by atoms with Crippen molar-refractivity contribution in [3.63, 3.8) is 0 Å². The second-order valence-electron chi connectivity index (χ2n) is 7.51. The van der Waals surface area contributed by atoms with Crippen LogP contribution in [0.25, 0.3) is 5.69 Å². The normalized spacial score (nSPS) is 16.8. The Kier molecular flexibility index (Phi) is 4.97. The fourth-order valence-corrected chi connectivity index (χ4v) is 3.78. The minimum Gasteiger partial charge on any atom is -0.352 e. The summed E-state index contributed by atoms with van der Waals surface area (Å²) in [6.45, 7) is 4.20. The van der Waals surface area contributed by atoms with E-state index in [9.17, 15) is 9.59 Å². The van der Waals surface area contributed by atoms with Crippen LogP contribution in [-0.4, -0.2) is 46.1 Å². The quantitative estimate of drug-likeness (QED) is 0.766. The van der Waals surface area contributed by atoms with E-state index in [1.165, 1.54) is 0 Å². The van der Waals surface area contributed by atoms with Crippen LogP contribution < -0.4 is 5.32 Å². The molecule has 0 spiro atoms. The van der Waals surface area contributed by atoms with Crippen LogP contribution in [0.15, 0.2) is 30.5 Å². The Morgan fingerprint density at radius 1 is 1.30 bits per heavy atom. The van der Waals surface area contributed by atoms with Gasteiger partial charge in [-0.3, -0.25) is 9.59 Å². The lowest BCUT2D eigenvalue weighted by Gasteiger charge is -2.15. The molecular weight excluding hydrogens is 340 g/mol. The number of carbonyl (C=O) groups excluding carboxylic acids is 2. The van der Waals surface area contributed by atoms with E-state index in [1.54, 1.807) is 6.20 Å². The Bertz CT molecular complexity index is 854. The molecule has 1 saturated heterocycles. The third kappa shape index (κ3) is 3.75. The van der Waals surface area contributed by atoms with Crippen LogP contribution in [0.3, 0.4) is 0 Å². The fraction of sp³-hybridized carbons (Fsp3) is 0.476. The van der Waals surface area contributed by atoms with Crippen molar-refractivity contribution < 1.29 is 9.59 Å². The van der Waals surface area contributed by atoms with Gasteiger partial charge >= 0.3 is 0 Å². The van der Waals surface area contributed by atoms with Gasteiger partial charge in [-0.2, -0.15) is 5.10 Å². The van der Waals surface area contributed by atoms with E-state index in [0.29, 0.717) is 24.4 Å². The molecule has 6 nitrogen and oxygen atoms in total. The smallest absolute Gasteiger partial charge is 0.254 e. The van der Waals surface area contributed by atoms with E-state index < -0.39 is 0 Å². The summed E-state index contributed by atoms with van der Waals surface area (Å²) in [5.74, 6) is 0.580. The highest BCUT2D eigenvalue weighted by molar-refractivity contribution is 5.95. The van der Waals surface area contributed by atoms with Crippen molar-refractivity contribution in [2.45, 2.75) is 44.9 Å². The number of para-hydroxylation sites is 1. The zero-order chi connectivity index (χ0) is 18.8. The van der Waals surface area contributed by atoms with Crippen molar-refractivity contribution in [3.8, 4) is 5.69 Å². The van der Waals surface area contributed by atoms with Crippen molar-refractivity contribution in [3.05, 3.63) is 47.3 Å². The van der Waals surface area contributed by atoms with Gasteiger partial charge in [0.05, 0.1) is 23.1 Å². The molecule has 2 aliphatic rings. The molecule has 1 N–H and O–H groups in total. The minimum absolute atomic E-state index is 0.0653. The maximum absolute atomic E-state index is 12.7. The summed E-state index contributed by atoms with van der Waals surface area (Å²) in [5.41, 5.74) is 3.88. The highest BCUT2D eigenvalue weighted by Crippen LogP contribution is 2.42. The molecule has 1 saturated carbocycles. The molecule has 0 unspecified atom stereocenters. The number of hydrogen-bond donors (Lipinski definition) is 1. The zero-order valence-corrected chi connectivity index (χ0v) is 15.8. The molecule has 142 valence electrons. The highest BCUT2D eigenvalue weighted by Gasteiger charge is 2.33. The number of carbonyl (C=O) groups is 2. The Morgan fingerprint density at radius 2 is 2.11 bits per heavy atom. The number of likely N-dealkylation sites (tertiary alicyclic amines) is 1. The van der Waals surface area contributed by atoms with E-state index in [-0.39, 0.29) is 11.8 Å². The molecule has 1 aromatic heterocycles. The molecule has 1 aromatic carbocycles. The topological polar surface area (TPSA) is 67.2 Å². The van der Waals surface area contributed by atoms with Crippen LogP contribution in [-0.2, 0) is 4.79 Å². The highest BCUT2D eigenvalue weighted by atomic mass is 16.2. The zero-order valence-electron chi connectivity index (χ0n) is 15.8. The molecule has 6 heteroatoms. The molecule has 27 heavy (non-hydrogen) atoms. The lowest BCUT2D eigenvalue weighted by Crippen LogP contribution is -2.30. The average molecular weight is 366 g/mol. The first kappa shape index (κ1) is 17.8. The molecule has 0 atom stereocenters. The first-order valence-corrected chi connectivity index (χ1v) is 9.85. The predicted molar refractivity (Wildman–Crippen MR) is 103 cm³/mol. The van der Waals surface area contributed by atoms with Gasteiger partial charge in [0.15, 0.2) is 0 Å². The van der Waals surface area contributed by atoms with Crippen LogP contribution in [0.4, 0.5) is 0 Å². The van der Waals surface area contributed by atoms with Crippen molar-refractivity contribution in [1.29, 1.82) is 0 Å². The molecule has 2 amide bonds. The van der Waals surface area contributed by atoms with E-state index >= 15 is 0 Å². The van der Waals surface area contributed by atoms with Gasteiger partial charge in [0, 0.05) is 32.0 Å². The predicted octanol–water partition coefficient (Wildman–Crippen LogP) is 2.80. The summed E-state index contributed by atoms with van der Waals surface area (Å²) in [5, 5.41) is 7.54. The maximum atomic E-state index is 12.7. The fourth-order valence-electron chi connectivity index (χ4n) is 3.78. The Labute approximate surface area is 159 Å². The number of hydrogen-bond acceptors (Lipinski definition) is 3. The van der Waals surface area contributed by atoms with E-state index in [0.717, 1.165) is 55.7 Å². The second kappa shape index (κ2) is 7.55. The van der Waals surface area contributed by atoms with Crippen LogP contribution in [0.1, 0.15) is 59.6 Å². The van der Waals surface area contributed by atoms with Gasteiger partial charge in [0.25, 0.3) is 5.91 Å². The monoisotopic (exact) mass is 366 g/mol. The number of aromatic nitrogens is 2. The van der Waals surface area contributed by atoms with Crippen LogP contribution in [0.5, 0.6) is 0 Å². The van der Waals surface area contributed by atoms with Crippen molar-refractivity contribution >= 4 is 11.8 Å². The molecule has 0 bridgehead atoms. The number of amides is 2. The van der Waals surface area contributed by atoms with Gasteiger partial charge in [-0.15, -0.1) is 0 Å². The van der Waals surface area contributed by atoms with Gasteiger partial charge in [-0.05, 0) is 44.2 Å². The lowest BCUT2D eigenvalue weighted by molar-refractivity contribution is -0.127. The standard InChI is InChI=1S/C21H26N4O2/c1-15-6-2-3-7-18(15)25-20(16-9-10-16)17(14-23-25)21(27)22-11-5-13-24-12-4-8-19(24)26/h2-3,6-7,14,16H,4-5,8-13H2,1H3,(H,22,27). The number of benzene rings is 1.